The van der Waals surface area contributed by atoms with Crippen LogP contribution in [0.2, 0.25) is 0 Å². The van der Waals surface area contributed by atoms with E-state index in [1.807, 2.05) is 0 Å². The van der Waals surface area contributed by atoms with Crippen LogP contribution in [0.1, 0.15) is 12.0 Å². The maximum Gasteiger partial charge on any atom is 0.321 e. The molecule has 1 aliphatic heterocycles. The summed E-state index contributed by atoms with van der Waals surface area (Å²) in [6, 6.07) is 3.96. The molecule has 96 valence electrons. The summed E-state index contributed by atoms with van der Waals surface area (Å²) < 4.78 is 13.1. The van der Waals surface area contributed by atoms with Crippen LogP contribution in [-0.4, -0.2) is 30.2 Å². The van der Waals surface area contributed by atoms with Crippen molar-refractivity contribution in [3.8, 4) is 0 Å². The van der Waals surface area contributed by atoms with Crippen molar-refractivity contribution < 1.29 is 19.1 Å². The fraction of sp³-hybridized carbons (Fsp3) is 0.333. The number of carboxylic acid groups (broad SMARTS) is 1. The van der Waals surface area contributed by atoms with Gasteiger partial charge in [-0.2, -0.15) is 0 Å². The zero-order valence-electron chi connectivity index (χ0n) is 9.65. The Morgan fingerprint density at radius 2 is 2.22 bits per heavy atom. The van der Waals surface area contributed by atoms with Crippen LogP contribution in [0.5, 0.6) is 0 Å². The Morgan fingerprint density at radius 1 is 1.44 bits per heavy atom. The lowest BCUT2D eigenvalue weighted by Crippen LogP contribution is -2.39. The molecule has 0 saturated carbocycles. The number of halogens is 1. The number of carboxylic acids is 1. The smallest absolute Gasteiger partial charge is 0.321 e. The maximum atomic E-state index is 13.1. The highest BCUT2D eigenvalue weighted by atomic mass is 19.1. The lowest BCUT2D eigenvalue weighted by Gasteiger charge is -2.17. The van der Waals surface area contributed by atoms with E-state index in [9.17, 15) is 14.0 Å². The van der Waals surface area contributed by atoms with E-state index in [4.69, 9.17) is 5.11 Å². The van der Waals surface area contributed by atoms with Crippen LogP contribution in [-0.2, 0) is 11.2 Å². The van der Waals surface area contributed by atoms with Gasteiger partial charge >= 0.3 is 12.0 Å². The number of urea groups is 1. The average Bonchev–Trinajstić information content (AvgIpc) is 2.71. The van der Waals surface area contributed by atoms with Gasteiger partial charge in [0.2, 0.25) is 0 Å². The summed E-state index contributed by atoms with van der Waals surface area (Å²) in [5, 5.41) is 11.0. The number of hydrogen-bond acceptors (Lipinski definition) is 2. The van der Waals surface area contributed by atoms with E-state index in [-0.39, 0.29) is 24.8 Å². The Balaban J connectivity index is 2.02. The zero-order chi connectivity index (χ0) is 13.1. The molecule has 2 N–H and O–H groups in total. The van der Waals surface area contributed by atoms with Crippen LogP contribution in [0.4, 0.5) is 14.9 Å². The molecule has 0 radical (unpaired) electrons. The second kappa shape index (κ2) is 5.03. The third kappa shape index (κ3) is 2.58. The van der Waals surface area contributed by atoms with Gasteiger partial charge in [0.1, 0.15) is 5.82 Å². The molecule has 1 aliphatic rings. The Kier molecular flexibility index (Phi) is 3.45. The van der Waals surface area contributed by atoms with Gasteiger partial charge in [0.05, 0.1) is 12.1 Å². The molecular formula is C12H13FN2O3. The predicted octanol–water partition coefficient (Wildman–Crippen LogP) is 1.37. The Labute approximate surface area is 103 Å². The molecule has 0 spiro atoms. The van der Waals surface area contributed by atoms with Crippen LogP contribution in [0.25, 0.3) is 0 Å². The maximum absolute atomic E-state index is 13.1. The number of aliphatic carboxylic acids is 1. The van der Waals surface area contributed by atoms with Crippen molar-refractivity contribution in [2.24, 2.45) is 0 Å². The molecule has 1 aromatic carbocycles. The third-order valence-corrected chi connectivity index (χ3v) is 2.80. The van der Waals surface area contributed by atoms with Crippen molar-refractivity contribution in [2.75, 3.05) is 18.0 Å². The molecule has 0 aromatic heterocycles. The molecule has 0 aliphatic carbocycles. The summed E-state index contributed by atoms with van der Waals surface area (Å²) in [4.78, 5) is 23.6. The number of benzene rings is 1. The van der Waals surface area contributed by atoms with Gasteiger partial charge in [-0.1, -0.05) is 6.07 Å². The van der Waals surface area contributed by atoms with E-state index in [0.29, 0.717) is 18.7 Å². The minimum Gasteiger partial charge on any atom is -0.481 e. The Hall–Kier alpha value is -2.11. The first-order valence-electron chi connectivity index (χ1n) is 5.63. The second-order valence-corrected chi connectivity index (χ2v) is 4.05. The Bertz CT molecular complexity index is 490. The molecule has 0 fully saturated rings. The number of carbonyl (C=O) groups excluding carboxylic acids is 1. The highest BCUT2D eigenvalue weighted by molar-refractivity contribution is 5.94. The van der Waals surface area contributed by atoms with Crippen LogP contribution in [0, 0.1) is 5.82 Å². The van der Waals surface area contributed by atoms with Crippen molar-refractivity contribution in [3.63, 3.8) is 0 Å². The lowest BCUT2D eigenvalue weighted by atomic mass is 10.2. The first-order valence-corrected chi connectivity index (χ1v) is 5.63. The lowest BCUT2D eigenvalue weighted by molar-refractivity contribution is -0.136. The molecule has 0 atom stereocenters. The molecule has 1 aromatic rings. The summed E-state index contributed by atoms with van der Waals surface area (Å²) >= 11 is 0. The van der Waals surface area contributed by atoms with Crippen molar-refractivity contribution in [1.29, 1.82) is 0 Å². The molecule has 18 heavy (non-hydrogen) atoms. The molecule has 2 rings (SSSR count). The van der Waals surface area contributed by atoms with Crippen molar-refractivity contribution >= 4 is 17.7 Å². The molecule has 6 heteroatoms. The van der Waals surface area contributed by atoms with E-state index in [1.54, 1.807) is 6.07 Å². The normalized spacial score (nSPS) is 13.3. The van der Waals surface area contributed by atoms with Gasteiger partial charge < -0.3 is 10.4 Å². The fourth-order valence-electron chi connectivity index (χ4n) is 1.94. The van der Waals surface area contributed by atoms with Gasteiger partial charge in [0, 0.05) is 13.1 Å². The minimum atomic E-state index is -0.969. The van der Waals surface area contributed by atoms with E-state index in [1.165, 1.54) is 17.0 Å². The Morgan fingerprint density at radius 3 is 2.94 bits per heavy atom. The molecule has 5 nitrogen and oxygen atoms in total. The number of anilines is 1. The van der Waals surface area contributed by atoms with Crippen LogP contribution < -0.4 is 10.2 Å². The largest absolute Gasteiger partial charge is 0.481 e. The average molecular weight is 252 g/mol. The molecule has 0 unspecified atom stereocenters. The highest BCUT2D eigenvalue weighted by Gasteiger charge is 2.24. The monoisotopic (exact) mass is 252 g/mol. The number of fused-ring (bicyclic) bond motifs is 1. The number of amides is 2. The number of carbonyl (C=O) groups is 2. The van der Waals surface area contributed by atoms with Crippen molar-refractivity contribution in [2.45, 2.75) is 12.8 Å². The van der Waals surface area contributed by atoms with Gasteiger partial charge in [-0.3, -0.25) is 9.69 Å². The van der Waals surface area contributed by atoms with E-state index < -0.39 is 5.97 Å². The van der Waals surface area contributed by atoms with E-state index in [2.05, 4.69) is 5.32 Å². The molecule has 0 bridgehead atoms. The topological polar surface area (TPSA) is 69.6 Å². The van der Waals surface area contributed by atoms with Gasteiger partial charge in [0.25, 0.3) is 0 Å². The van der Waals surface area contributed by atoms with Gasteiger partial charge in [0.15, 0.2) is 0 Å². The highest BCUT2D eigenvalue weighted by Crippen LogP contribution is 2.28. The zero-order valence-corrected chi connectivity index (χ0v) is 9.65. The summed E-state index contributed by atoms with van der Waals surface area (Å²) in [6.45, 7) is 0.549. The second-order valence-electron chi connectivity index (χ2n) is 4.05. The molecule has 2 amide bonds. The van der Waals surface area contributed by atoms with Crippen molar-refractivity contribution in [3.05, 3.63) is 29.6 Å². The number of nitrogens with zero attached hydrogens (tertiary/aromatic N) is 1. The molecular weight excluding hydrogens is 239 g/mol. The minimum absolute atomic E-state index is 0.0648. The number of hydrogen-bond donors (Lipinski definition) is 2. The first kappa shape index (κ1) is 12.3. The first-order chi connectivity index (χ1) is 8.58. The van der Waals surface area contributed by atoms with Crippen LogP contribution >= 0.6 is 0 Å². The van der Waals surface area contributed by atoms with Crippen molar-refractivity contribution in [1.82, 2.24) is 5.32 Å². The molecule has 1 heterocycles. The SMILES string of the molecule is O=C(O)CCNC(=O)N1CCc2ccc(F)cc21. The number of nitrogens with one attached hydrogen (secondary N) is 1. The van der Waals surface area contributed by atoms with E-state index >= 15 is 0 Å². The number of rotatable bonds is 3. The standard InChI is InChI=1S/C12H13FN2O3/c13-9-2-1-8-4-6-15(10(8)7-9)12(18)14-5-3-11(16)17/h1-2,7H,3-6H2,(H,14,18)(H,16,17). The van der Waals surface area contributed by atoms with Crippen LogP contribution in [0.15, 0.2) is 18.2 Å². The summed E-state index contributed by atoms with van der Waals surface area (Å²) in [5.41, 5.74) is 1.48. The predicted molar refractivity (Wildman–Crippen MR) is 63.1 cm³/mol. The van der Waals surface area contributed by atoms with Crippen LogP contribution in [0.3, 0.4) is 0 Å². The quantitative estimate of drug-likeness (QED) is 0.853. The molecule has 0 saturated heterocycles. The summed E-state index contributed by atoms with van der Waals surface area (Å²) in [5.74, 6) is -1.36. The summed E-state index contributed by atoms with van der Waals surface area (Å²) in [7, 11) is 0. The summed E-state index contributed by atoms with van der Waals surface area (Å²) in [6.07, 6.45) is 0.553. The third-order valence-electron chi connectivity index (χ3n) is 2.80. The van der Waals surface area contributed by atoms with E-state index in [0.717, 1.165) is 5.56 Å². The fourth-order valence-corrected chi connectivity index (χ4v) is 1.94. The van der Waals surface area contributed by atoms with Gasteiger partial charge in [-0.25, -0.2) is 9.18 Å². The van der Waals surface area contributed by atoms with Gasteiger partial charge in [-0.15, -0.1) is 0 Å². The van der Waals surface area contributed by atoms with Gasteiger partial charge in [-0.05, 0) is 24.1 Å².